The molecule has 0 unspecified atom stereocenters. The smallest absolute Gasteiger partial charge is 0.331 e. The zero-order valence-corrected chi connectivity index (χ0v) is 20.2. The van der Waals surface area contributed by atoms with Crippen molar-refractivity contribution in [1.29, 1.82) is 0 Å². The van der Waals surface area contributed by atoms with Crippen LogP contribution >= 0.6 is 0 Å². The first-order valence-electron chi connectivity index (χ1n) is 11.3. The maximum atomic E-state index is 12.1. The molecule has 0 bridgehead atoms. The highest BCUT2D eigenvalue weighted by Gasteiger charge is 2.37. The molecule has 1 aliphatic rings. The maximum absolute atomic E-state index is 12.1. The summed E-state index contributed by atoms with van der Waals surface area (Å²) in [7, 11) is 0. The number of esters is 1. The number of carbonyl (C=O) groups excluding carboxylic acids is 1. The minimum Gasteiger partial charge on any atom is -0.463 e. The van der Waals surface area contributed by atoms with E-state index in [-0.39, 0.29) is 16.8 Å². The standard InChI is InChI=1S/C29H36O2/c1-9-21(17-27(30)31-10-2)22-12-11-13-23(20(22)4)24-18-26-25(16-19(24)3)28(5,6)14-15-29(26,7)8/h9,11-13,16-18H,1,10,14-15H2,2-8H3/b21-17+. The summed E-state index contributed by atoms with van der Waals surface area (Å²) in [5, 5.41) is 0. The molecular weight excluding hydrogens is 380 g/mol. The van der Waals surface area contributed by atoms with Crippen LogP contribution in [0.4, 0.5) is 0 Å². The Labute approximate surface area is 188 Å². The Bertz CT molecular complexity index is 1050. The number of fused-ring (bicyclic) bond motifs is 1. The van der Waals surface area contributed by atoms with Crippen molar-refractivity contribution in [2.45, 2.75) is 72.1 Å². The molecule has 0 saturated carbocycles. The van der Waals surface area contributed by atoms with E-state index in [2.05, 4.69) is 72.4 Å². The van der Waals surface area contributed by atoms with Gasteiger partial charge in [0.05, 0.1) is 6.61 Å². The third-order valence-corrected chi connectivity index (χ3v) is 6.91. The topological polar surface area (TPSA) is 26.3 Å². The number of rotatable bonds is 5. The van der Waals surface area contributed by atoms with E-state index in [4.69, 9.17) is 4.74 Å². The van der Waals surface area contributed by atoms with Gasteiger partial charge in [0.1, 0.15) is 0 Å². The molecule has 0 saturated heterocycles. The molecule has 2 aromatic carbocycles. The first kappa shape index (κ1) is 23.1. The van der Waals surface area contributed by atoms with Crippen LogP contribution in [0.15, 0.2) is 49.1 Å². The van der Waals surface area contributed by atoms with Gasteiger partial charge in [-0.2, -0.15) is 0 Å². The van der Waals surface area contributed by atoms with Crippen molar-refractivity contribution in [3.63, 3.8) is 0 Å². The molecule has 2 heteroatoms. The van der Waals surface area contributed by atoms with E-state index in [0.717, 1.165) is 16.7 Å². The molecule has 0 fully saturated rings. The van der Waals surface area contributed by atoms with Crippen LogP contribution in [0.3, 0.4) is 0 Å². The maximum Gasteiger partial charge on any atom is 0.331 e. The van der Waals surface area contributed by atoms with Gasteiger partial charge in [-0.1, -0.05) is 70.7 Å². The third kappa shape index (κ3) is 4.39. The minimum atomic E-state index is -0.337. The monoisotopic (exact) mass is 416 g/mol. The van der Waals surface area contributed by atoms with Crippen LogP contribution in [0.1, 0.15) is 75.3 Å². The van der Waals surface area contributed by atoms with Gasteiger partial charge < -0.3 is 4.74 Å². The fourth-order valence-electron chi connectivity index (χ4n) is 4.81. The number of ether oxygens (including phenoxy) is 1. The Morgan fingerprint density at radius 2 is 1.65 bits per heavy atom. The van der Waals surface area contributed by atoms with Gasteiger partial charge in [0.25, 0.3) is 0 Å². The second-order valence-corrected chi connectivity index (χ2v) is 10.0. The zero-order valence-electron chi connectivity index (χ0n) is 20.2. The summed E-state index contributed by atoms with van der Waals surface area (Å²) in [4.78, 5) is 12.1. The lowest BCUT2D eigenvalue weighted by Crippen LogP contribution is -2.34. The van der Waals surface area contributed by atoms with Gasteiger partial charge in [-0.15, -0.1) is 0 Å². The molecule has 164 valence electrons. The SMILES string of the molecule is C=C/C(=C\C(=O)OCC)c1cccc(-c2cc3c(cc2C)C(C)(C)CCC3(C)C)c1C. The second kappa shape index (κ2) is 8.49. The molecule has 0 amide bonds. The van der Waals surface area contributed by atoms with Crippen LogP contribution in [-0.4, -0.2) is 12.6 Å². The average Bonchev–Trinajstić information content (AvgIpc) is 2.70. The van der Waals surface area contributed by atoms with Crippen molar-refractivity contribution in [3.8, 4) is 11.1 Å². The molecule has 0 aromatic heterocycles. The lowest BCUT2D eigenvalue weighted by molar-refractivity contribution is -0.137. The van der Waals surface area contributed by atoms with E-state index in [1.807, 2.05) is 13.0 Å². The molecule has 3 rings (SSSR count). The number of hydrogen-bond donors (Lipinski definition) is 0. The van der Waals surface area contributed by atoms with Gasteiger partial charge in [0, 0.05) is 6.08 Å². The van der Waals surface area contributed by atoms with E-state index >= 15 is 0 Å². The van der Waals surface area contributed by atoms with Gasteiger partial charge in [-0.3, -0.25) is 0 Å². The highest BCUT2D eigenvalue weighted by Crippen LogP contribution is 2.48. The van der Waals surface area contributed by atoms with Crippen molar-refractivity contribution in [1.82, 2.24) is 0 Å². The Hall–Kier alpha value is -2.61. The summed E-state index contributed by atoms with van der Waals surface area (Å²) in [6.07, 6.45) is 5.67. The molecule has 0 N–H and O–H groups in total. The van der Waals surface area contributed by atoms with Gasteiger partial charge in [-0.05, 0) is 89.0 Å². The summed E-state index contributed by atoms with van der Waals surface area (Å²) >= 11 is 0. The van der Waals surface area contributed by atoms with Gasteiger partial charge in [0.15, 0.2) is 0 Å². The van der Waals surface area contributed by atoms with Crippen molar-refractivity contribution in [2.75, 3.05) is 6.61 Å². The lowest BCUT2D eigenvalue weighted by Gasteiger charge is -2.42. The second-order valence-electron chi connectivity index (χ2n) is 10.0. The molecule has 0 radical (unpaired) electrons. The molecule has 0 heterocycles. The number of aryl methyl sites for hydroxylation is 1. The fraction of sp³-hybridized carbons (Fsp3) is 0.414. The lowest BCUT2D eigenvalue weighted by atomic mass is 9.62. The predicted molar refractivity (Wildman–Crippen MR) is 131 cm³/mol. The first-order valence-corrected chi connectivity index (χ1v) is 11.3. The third-order valence-electron chi connectivity index (χ3n) is 6.91. The van der Waals surface area contributed by atoms with E-state index in [1.54, 1.807) is 6.08 Å². The summed E-state index contributed by atoms with van der Waals surface area (Å²) in [6.45, 7) is 19.9. The van der Waals surface area contributed by atoms with E-state index in [0.29, 0.717) is 6.61 Å². The van der Waals surface area contributed by atoms with Crippen molar-refractivity contribution < 1.29 is 9.53 Å². The molecule has 2 nitrogen and oxygen atoms in total. The number of hydrogen-bond acceptors (Lipinski definition) is 2. The van der Waals surface area contributed by atoms with Crippen LogP contribution in [0.5, 0.6) is 0 Å². The first-order chi connectivity index (χ1) is 14.5. The average molecular weight is 417 g/mol. The van der Waals surface area contributed by atoms with Gasteiger partial charge in [0.2, 0.25) is 0 Å². The molecule has 0 spiro atoms. The van der Waals surface area contributed by atoms with Crippen LogP contribution in [0.25, 0.3) is 16.7 Å². The molecule has 2 aromatic rings. The van der Waals surface area contributed by atoms with Gasteiger partial charge in [-0.25, -0.2) is 4.79 Å². The normalized spacial score (nSPS) is 17.1. The van der Waals surface area contributed by atoms with Crippen molar-refractivity contribution in [3.05, 3.63) is 76.9 Å². The molecule has 0 aliphatic heterocycles. The van der Waals surface area contributed by atoms with E-state index in [1.165, 1.54) is 46.7 Å². The van der Waals surface area contributed by atoms with Gasteiger partial charge >= 0.3 is 5.97 Å². The summed E-state index contributed by atoms with van der Waals surface area (Å²) in [5.74, 6) is -0.337. The summed E-state index contributed by atoms with van der Waals surface area (Å²) in [6, 6.07) is 11.1. The largest absolute Gasteiger partial charge is 0.463 e. The Morgan fingerprint density at radius 3 is 2.23 bits per heavy atom. The highest BCUT2D eigenvalue weighted by molar-refractivity contribution is 5.95. The number of benzene rings is 2. The Balaban J connectivity index is 2.18. The molecule has 1 aliphatic carbocycles. The Morgan fingerprint density at radius 1 is 1.03 bits per heavy atom. The van der Waals surface area contributed by atoms with Crippen LogP contribution in [-0.2, 0) is 20.4 Å². The minimum absolute atomic E-state index is 0.162. The number of carbonyl (C=O) groups is 1. The van der Waals surface area contributed by atoms with E-state index < -0.39 is 0 Å². The van der Waals surface area contributed by atoms with E-state index in [9.17, 15) is 4.79 Å². The quantitative estimate of drug-likeness (QED) is 0.287. The van der Waals surface area contributed by atoms with Crippen LogP contribution < -0.4 is 0 Å². The van der Waals surface area contributed by atoms with Crippen LogP contribution in [0.2, 0.25) is 0 Å². The van der Waals surface area contributed by atoms with Crippen molar-refractivity contribution >= 4 is 11.5 Å². The Kier molecular flexibility index (Phi) is 6.32. The number of allylic oxidation sites excluding steroid dienone is 2. The fourth-order valence-corrected chi connectivity index (χ4v) is 4.81. The van der Waals surface area contributed by atoms with Crippen LogP contribution in [0, 0.1) is 13.8 Å². The van der Waals surface area contributed by atoms with Crippen molar-refractivity contribution in [2.24, 2.45) is 0 Å². The highest BCUT2D eigenvalue weighted by atomic mass is 16.5. The summed E-state index contributed by atoms with van der Waals surface area (Å²) in [5.41, 5.74) is 10.0. The molecular formula is C29H36O2. The molecule has 0 atom stereocenters. The molecule has 31 heavy (non-hydrogen) atoms. The zero-order chi connectivity index (χ0) is 23.0. The summed E-state index contributed by atoms with van der Waals surface area (Å²) < 4.78 is 5.11. The predicted octanol–water partition coefficient (Wildman–Crippen LogP) is 7.45.